The Bertz CT molecular complexity index is 1330. The maximum atomic E-state index is 13.8. The molecule has 0 saturated heterocycles. The summed E-state index contributed by atoms with van der Waals surface area (Å²) in [6.45, 7) is 5.44. The first-order valence-electron chi connectivity index (χ1n) is 12.0. The molecule has 8 nitrogen and oxygen atoms in total. The number of benzene rings is 3. The molecule has 2 amide bonds. The van der Waals surface area contributed by atoms with Crippen molar-refractivity contribution in [2.75, 3.05) is 24.5 Å². The molecule has 3 rings (SSSR count). The molecule has 0 aliphatic carbocycles. The van der Waals surface area contributed by atoms with E-state index in [-0.39, 0.29) is 23.0 Å². The molecule has 3 aromatic rings. The van der Waals surface area contributed by atoms with Gasteiger partial charge in [-0.05, 0) is 50.6 Å². The van der Waals surface area contributed by atoms with Gasteiger partial charge in [0.1, 0.15) is 18.3 Å². The van der Waals surface area contributed by atoms with Crippen molar-refractivity contribution in [3.05, 3.63) is 90.0 Å². The number of hydrogen-bond donors (Lipinski definition) is 1. The summed E-state index contributed by atoms with van der Waals surface area (Å²) in [6, 6.07) is 21.3. The number of anilines is 1. The fraction of sp³-hybridized carbons (Fsp3) is 0.286. The monoisotopic (exact) mass is 523 g/mol. The summed E-state index contributed by atoms with van der Waals surface area (Å²) < 4.78 is 33.8. The quantitative estimate of drug-likeness (QED) is 0.413. The van der Waals surface area contributed by atoms with Gasteiger partial charge in [0.05, 0.1) is 17.7 Å². The molecule has 0 saturated carbocycles. The maximum Gasteiger partial charge on any atom is 0.264 e. The van der Waals surface area contributed by atoms with Gasteiger partial charge in [-0.2, -0.15) is 0 Å². The molecule has 0 heterocycles. The van der Waals surface area contributed by atoms with Crippen LogP contribution in [0.4, 0.5) is 5.69 Å². The molecule has 0 aliphatic heterocycles. The number of nitrogens with one attached hydrogen (secondary N) is 1. The molecule has 1 N–H and O–H groups in total. The first-order valence-corrected chi connectivity index (χ1v) is 13.5. The van der Waals surface area contributed by atoms with E-state index < -0.39 is 28.5 Å². The molecule has 0 fully saturated rings. The summed E-state index contributed by atoms with van der Waals surface area (Å²) in [5, 5.41) is 2.75. The van der Waals surface area contributed by atoms with E-state index >= 15 is 0 Å². The second kappa shape index (κ2) is 12.4. The number of rotatable bonds is 11. The number of likely N-dealkylation sites (N-methyl/N-ethyl adjacent to an activating group) is 1. The van der Waals surface area contributed by atoms with E-state index in [2.05, 4.69) is 5.32 Å². The molecule has 0 spiro atoms. The van der Waals surface area contributed by atoms with Crippen LogP contribution in [0.25, 0.3) is 0 Å². The van der Waals surface area contributed by atoms with E-state index in [0.717, 1.165) is 15.4 Å². The number of carbonyl (C=O) groups excluding carboxylic acids is 2. The zero-order valence-corrected chi connectivity index (χ0v) is 22.4. The molecular formula is C28H33N3O5S. The molecule has 1 atom stereocenters. The van der Waals surface area contributed by atoms with Crippen molar-refractivity contribution < 1.29 is 22.7 Å². The van der Waals surface area contributed by atoms with Crippen molar-refractivity contribution in [1.29, 1.82) is 0 Å². The van der Waals surface area contributed by atoms with Gasteiger partial charge >= 0.3 is 0 Å². The number of hydrogen-bond acceptors (Lipinski definition) is 5. The van der Waals surface area contributed by atoms with Gasteiger partial charge in [-0.25, -0.2) is 8.42 Å². The number of amides is 2. The van der Waals surface area contributed by atoms with E-state index in [4.69, 9.17) is 4.74 Å². The molecular weight excluding hydrogens is 490 g/mol. The number of aryl methyl sites for hydroxylation is 1. The first kappa shape index (κ1) is 27.7. The molecule has 3 aromatic carbocycles. The van der Waals surface area contributed by atoms with Crippen molar-refractivity contribution in [3.8, 4) is 5.75 Å². The normalized spacial score (nSPS) is 11.9. The highest BCUT2D eigenvalue weighted by molar-refractivity contribution is 7.92. The SMILES string of the molecule is CCNC(=O)C(C)N(Cc1cccc(C)c1)C(=O)CN(c1cccc(OC)c1)S(=O)(=O)c1ccccc1. The fourth-order valence-electron chi connectivity index (χ4n) is 3.93. The Morgan fingerprint density at radius 2 is 1.68 bits per heavy atom. The van der Waals surface area contributed by atoms with Crippen LogP contribution < -0.4 is 14.4 Å². The van der Waals surface area contributed by atoms with E-state index in [1.807, 2.05) is 31.2 Å². The maximum absolute atomic E-state index is 13.8. The summed E-state index contributed by atoms with van der Waals surface area (Å²) in [5.74, 6) is -0.379. The van der Waals surface area contributed by atoms with Gasteiger partial charge in [-0.3, -0.25) is 13.9 Å². The molecule has 0 aromatic heterocycles. The van der Waals surface area contributed by atoms with Crippen LogP contribution in [0.15, 0.2) is 83.8 Å². The lowest BCUT2D eigenvalue weighted by Crippen LogP contribution is -2.51. The zero-order valence-electron chi connectivity index (χ0n) is 21.5. The van der Waals surface area contributed by atoms with Crippen LogP contribution in [0.5, 0.6) is 5.75 Å². The minimum atomic E-state index is -4.11. The predicted molar refractivity (Wildman–Crippen MR) is 144 cm³/mol. The topological polar surface area (TPSA) is 96.0 Å². The van der Waals surface area contributed by atoms with Crippen molar-refractivity contribution in [3.63, 3.8) is 0 Å². The zero-order chi connectivity index (χ0) is 27.0. The molecule has 196 valence electrons. The lowest BCUT2D eigenvalue weighted by atomic mass is 10.1. The summed E-state index contributed by atoms with van der Waals surface area (Å²) in [4.78, 5) is 28.0. The highest BCUT2D eigenvalue weighted by atomic mass is 32.2. The van der Waals surface area contributed by atoms with Gasteiger partial charge in [0, 0.05) is 19.2 Å². The van der Waals surface area contributed by atoms with E-state index in [0.29, 0.717) is 12.3 Å². The largest absolute Gasteiger partial charge is 0.497 e. The third-order valence-corrected chi connectivity index (χ3v) is 7.69. The van der Waals surface area contributed by atoms with Crippen LogP contribution in [0.1, 0.15) is 25.0 Å². The second-order valence-corrected chi connectivity index (χ2v) is 10.5. The Morgan fingerprint density at radius 1 is 0.973 bits per heavy atom. The Labute approximate surface area is 218 Å². The molecule has 0 radical (unpaired) electrons. The summed E-state index contributed by atoms with van der Waals surface area (Å²) in [6.07, 6.45) is 0. The van der Waals surface area contributed by atoms with Crippen LogP contribution in [-0.4, -0.2) is 51.4 Å². The highest BCUT2D eigenvalue weighted by Gasteiger charge is 2.32. The van der Waals surface area contributed by atoms with Crippen LogP contribution in [0, 0.1) is 6.92 Å². The van der Waals surface area contributed by atoms with Gasteiger partial charge in [0.2, 0.25) is 11.8 Å². The standard InChI is InChI=1S/C28H33N3O5S/c1-5-29-28(33)22(3)30(19-23-12-9-11-21(2)17-23)27(32)20-31(24-13-10-14-25(18-24)36-4)37(34,35)26-15-7-6-8-16-26/h6-18,22H,5,19-20H2,1-4H3,(H,29,33). The van der Waals surface area contributed by atoms with Crippen molar-refractivity contribution in [1.82, 2.24) is 10.2 Å². The Hall–Kier alpha value is -3.85. The van der Waals surface area contributed by atoms with Gasteiger partial charge < -0.3 is 15.0 Å². The van der Waals surface area contributed by atoms with Crippen molar-refractivity contribution in [2.45, 2.75) is 38.3 Å². The lowest BCUT2D eigenvalue weighted by molar-refractivity contribution is -0.139. The third-order valence-electron chi connectivity index (χ3n) is 5.91. The van der Waals surface area contributed by atoms with Gasteiger partial charge in [-0.1, -0.05) is 54.1 Å². The van der Waals surface area contributed by atoms with Crippen LogP contribution >= 0.6 is 0 Å². The Morgan fingerprint density at radius 3 is 2.32 bits per heavy atom. The summed E-state index contributed by atoms with van der Waals surface area (Å²) in [5.41, 5.74) is 2.13. The van der Waals surface area contributed by atoms with Gasteiger partial charge in [0.15, 0.2) is 0 Å². The van der Waals surface area contributed by atoms with Crippen LogP contribution in [0.3, 0.4) is 0 Å². The number of ether oxygens (including phenoxy) is 1. The average molecular weight is 524 g/mol. The Kier molecular flexibility index (Phi) is 9.30. The van der Waals surface area contributed by atoms with Crippen LogP contribution in [-0.2, 0) is 26.2 Å². The van der Waals surface area contributed by atoms with E-state index in [1.165, 1.54) is 24.1 Å². The number of nitrogens with zero attached hydrogens (tertiary/aromatic N) is 2. The number of sulfonamides is 1. The lowest BCUT2D eigenvalue weighted by Gasteiger charge is -2.32. The fourth-order valence-corrected chi connectivity index (χ4v) is 5.35. The minimum Gasteiger partial charge on any atom is -0.497 e. The summed E-state index contributed by atoms with van der Waals surface area (Å²) >= 11 is 0. The van der Waals surface area contributed by atoms with Crippen molar-refractivity contribution >= 4 is 27.5 Å². The average Bonchev–Trinajstić information content (AvgIpc) is 2.90. The third kappa shape index (κ3) is 6.89. The predicted octanol–water partition coefficient (Wildman–Crippen LogP) is 3.75. The highest BCUT2D eigenvalue weighted by Crippen LogP contribution is 2.27. The van der Waals surface area contributed by atoms with Gasteiger partial charge in [-0.15, -0.1) is 0 Å². The summed E-state index contributed by atoms with van der Waals surface area (Å²) in [7, 11) is -2.63. The molecule has 37 heavy (non-hydrogen) atoms. The number of methoxy groups -OCH3 is 1. The first-order chi connectivity index (χ1) is 17.7. The Balaban J connectivity index is 2.04. The molecule has 9 heteroatoms. The van der Waals surface area contributed by atoms with E-state index in [1.54, 1.807) is 56.3 Å². The molecule has 1 unspecified atom stereocenters. The second-order valence-electron chi connectivity index (χ2n) is 8.61. The van der Waals surface area contributed by atoms with Crippen molar-refractivity contribution in [2.24, 2.45) is 0 Å². The number of carbonyl (C=O) groups is 2. The van der Waals surface area contributed by atoms with E-state index in [9.17, 15) is 18.0 Å². The molecule has 0 aliphatic rings. The molecule has 0 bridgehead atoms. The van der Waals surface area contributed by atoms with Gasteiger partial charge in [0.25, 0.3) is 10.0 Å². The van der Waals surface area contributed by atoms with Crippen LogP contribution in [0.2, 0.25) is 0 Å². The smallest absolute Gasteiger partial charge is 0.264 e. The minimum absolute atomic E-state index is 0.0487.